The quantitative estimate of drug-likeness (QED) is 0.790. The van der Waals surface area contributed by atoms with E-state index in [1.165, 1.54) is 0 Å². The summed E-state index contributed by atoms with van der Waals surface area (Å²) >= 11 is 3.34. The van der Waals surface area contributed by atoms with Crippen LogP contribution in [0.25, 0.3) is 0 Å². The van der Waals surface area contributed by atoms with Crippen LogP contribution in [0.1, 0.15) is 23.2 Å². The molecule has 2 aliphatic rings. The number of pyridine rings is 1. The van der Waals surface area contributed by atoms with E-state index in [-0.39, 0.29) is 11.8 Å². The number of carbonyl (C=O) groups excluding carboxylic acids is 2. The van der Waals surface area contributed by atoms with Crippen molar-refractivity contribution in [2.45, 2.75) is 12.8 Å². The largest absolute Gasteiger partial charge is 0.342 e. The van der Waals surface area contributed by atoms with E-state index in [9.17, 15) is 9.59 Å². The first kappa shape index (κ1) is 16.4. The van der Waals surface area contributed by atoms with E-state index in [2.05, 4.69) is 25.8 Å². The molecule has 2 amide bonds. The average molecular weight is 381 g/mol. The molecule has 2 fully saturated rings. The van der Waals surface area contributed by atoms with E-state index in [0.717, 1.165) is 43.5 Å². The summed E-state index contributed by atoms with van der Waals surface area (Å²) in [6.45, 7) is 5.05. The third-order valence-electron chi connectivity index (χ3n) is 4.43. The number of halogens is 1. The molecule has 3 heterocycles. The molecular weight excluding hydrogens is 360 g/mol. The third-order valence-corrected chi connectivity index (χ3v) is 4.86. The number of carbonyl (C=O) groups is 2. The molecule has 2 aliphatic heterocycles. The van der Waals surface area contributed by atoms with E-state index in [1.54, 1.807) is 18.5 Å². The van der Waals surface area contributed by atoms with Crippen molar-refractivity contribution in [1.82, 2.24) is 19.7 Å². The molecule has 0 unspecified atom stereocenters. The minimum atomic E-state index is 0.00400. The van der Waals surface area contributed by atoms with E-state index < -0.39 is 0 Å². The summed E-state index contributed by atoms with van der Waals surface area (Å²) in [7, 11) is 0. The molecule has 0 spiro atoms. The van der Waals surface area contributed by atoms with Gasteiger partial charge in [0.2, 0.25) is 5.91 Å². The Morgan fingerprint density at radius 2 is 1.70 bits per heavy atom. The number of hydrogen-bond acceptors (Lipinski definition) is 4. The lowest BCUT2D eigenvalue weighted by Gasteiger charge is -2.35. The number of piperazine rings is 1. The van der Waals surface area contributed by atoms with Crippen LogP contribution >= 0.6 is 15.9 Å². The van der Waals surface area contributed by atoms with Gasteiger partial charge >= 0.3 is 0 Å². The SMILES string of the molecule is O=C(CN1CCN(C(=O)c2cncc(Br)c2)CC1)N1CCCC1. The lowest BCUT2D eigenvalue weighted by atomic mass is 10.2. The van der Waals surface area contributed by atoms with Crippen LogP contribution in [0.15, 0.2) is 22.9 Å². The zero-order chi connectivity index (χ0) is 16.2. The molecular formula is C16H21BrN4O2. The maximum absolute atomic E-state index is 12.5. The molecule has 1 aromatic rings. The van der Waals surface area contributed by atoms with Gasteiger partial charge in [0.1, 0.15) is 0 Å². The highest BCUT2D eigenvalue weighted by atomic mass is 79.9. The molecule has 23 heavy (non-hydrogen) atoms. The van der Waals surface area contributed by atoms with Crippen molar-refractivity contribution in [2.75, 3.05) is 45.8 Å². The first-order valence-electron chi connectivity index (χ1n) is 8.03. The van der Waals surface area contributed by atoms with Gasteiger partial charge in [-0.1, -0.05) is 0 Å². The summed E-state index contributed by atoms with van der Waals surface area (Å²) in [4.78, 5) is 34.6. The number of nitrogens with zero attached hydrogens (tertiary/aromatic N) is 4. The molecule has 0 aliphatic carbocycles. The first-order valence-corrected chi connectivity index (χ1v) is 8.83. The van der Waals surface area contributed by atoms with Crippen molar-refractivity contribution in [1.29, 1.82) is 0 Å². The Labute approximate surface area is 144 Å². The van der Waals surface area contributed by atoms with E-state index in [1.807, 2.05) is 9.80 Å². The predicted molar refractivity (Wildman–Crippen MR) is 90.1 cm³/mol. The molecule has 0 radical (unpaired) electrons. The van der Waals surface area contributed by atoms with Gasteiger partial charge in [-0.05, 0) is 34.8 Å². The fourth-order valence-corrected chi connectivity index (χ4v) is 3.44. The standard InChI is InChI=1S/C16H21BrN4O2/c17-14-9-13(10-18-11-14)16(23)21-7-5-19(6-8-21)12-15(22)20-3-1-2-4-20/h9-11H,1-8,12H2. The highest BCUT2D eigenvalue weighted by Gasteiger charge is 2.25. The summed E-state index contributed by atoms with van der Waals surface area (Å²) < 4.78 is 0.804. The maximum Gasteiger partial charge on any atom is 0.255 e. The zero-order valence-electron chi connectivity index (χ0n) is 13.1. The Hall–Kier alpha value is -1.47. The van der Waals surface area contributed by atoms with Crippen LogP contribution < -0.4 is 0 Å². The molecule has 6 nitrogen and oxygen atoms in total. The van der Waals surface area contributed by atoms with Gasteiger partial charge in [-0.15, -0.1) is 0 Å². The van der Waals surface area contributed by atoms with E-state index in [4.69, 9.17) is 0 Å². The monoisotopic (exact) mass is 380 g/mol. The van der Waals surface area contributed by atoms with Crippen LogP contribution in [0.2, 0.25) is 0 Å². The van der Waals surface area contributed by atoms with Crippen molar-refractivity contribution in [3.8, 4) is 0 Å². The maximum atomic E-state index is 12.5. The van der Waals surface area contributed by atoms with Gasteiger partial charge in [0.05, 0.1) is 12.1 Å². The van der Waals surface area contributed by atoms with Crippen molar-refractivity contribution in [2.24, 2.45) is 0 Å². The van der Waals surface area contributed by atoms with Crippen molar-refractivity contribution >= 4 is 27.7 Å². The Morgan fingerprint density at radius 1 is 1.00 bits per heavy atom. The second-order valence-corrected chi connectivity index (χ2v) is 6.96. The fourth-order valence-electron chi connectivity index (χ4n) is 3.08. The van der Waals surface area contributed by atoms with Gasteiger partial charge in [0, 0.05) is 56.1 Å². The van der Waals surface area contributed by atoms with Gasteiger partial charge in [-0.25, -0.2) is 0 Å². The molecule has 1 aromatic heterocycles. The molecule has 7 heteroatoms. The molecule has 3 rings (SSSR count). The second-order valence-electron chi connectivity index (χ2n) is 6.05. The normalized spacial score (nSPS) is 19.2. The third kappa shape index (κ3) is 4.09. The average Bonchev–Trinajstić information content (AvgIpc) is 3.09. The number of rotatable bonds is 3. The van der Waals surface area contributed by atoms with Crippen LogP contribution in [0.5, 0.6) is 0 Å². The number of aromatic nitrogens is 1. The summed E-state index contributed by atoms with van der Waals surface area (Å²) in [5, 5.41) is 0. The minimum absolute atomic E-state index is 0.00400. The van der Waals surface area contributed by atoms with Gasteiger partial charge in [0.25, 0.3) is 5.91 Å². The second kappa shape index (κ2) is 7.40. The lowest BCUT2D eigenvalue weighted by molar-refractivity contribution is -0.131. The van der Waals surface area contributed by atoms with E-state index >= 15 is 0 Å². The van der Waals surface area contributed by atoms with Crippen LogP contribution in [-0.4, -0.2) is 77.3 Å². The fraction of sp³-hybridized carbons (Fsp3) is 0.562. The van der Waals surface area contributed by atoms with Crippen LogP contribution in [0.4, 0.5) is 0 Å². The lowest BCUT2D eigenvalue weighted by Crippen LogP contribution is -2.51. The van der Waals surface area contributed by atoms with Crippen LogP contribution in [0.3, 0.4) is 0 Å². The summed E-state index contributed by atoms with van der Waals surface area (Å²) in [6, 6.07) is 1.79. The van der Waals surface area contributed by atoms with Crippen molar-refractivity contribution in [3.05, 3.63) is 28.5 Å². The Morgan fingerprint density at radius 3 is 2.35 bits per heavy atom. The van der Waals surface area contributed by atoms with E-state index in [0.29, 0.717) is 25.2 Å². The minimum Gasteiger partial charge on any atom is -0.342 e. The Kier molecular flexibility index (Phi) is 5.27. The summed E-state index contributed by atoms with van der Waals surface area (Å²) in [5.74, 6) is 0.225. The topological polar surface area (TPSA) is 56.8 Å². The molecule has 2 saturated heterocycles. The molecule has 0 atom stereocenters. The number of amides is 2. The highest BCUT2D eigenvalue weighted by Crippen LogP contribution is 2.14. The molecule has 0 saturated carbocycles. The van der Waals surface area contributed by atoms with Gasteiger partial charge in [-0.3, -0.25) is 19.5 Å². The summed E-state index contributed by atoms with van der Waals surface area (Å²) in [5.41, 5.74) is 0.598. The first-order chi connectivity index (χ1) is 11.1. The van der Waals surface area contributed by atoms with Crippen molar-refractivity contribution in [3.63, 3.8) is 0 Å². The van der Waals surface area contributed by atoms with Gasteiger partial charge in [-0.2, -0.15) is 0 Å². The smallest absolute Gasteiger partial charge is 0.255 e. The molecule has 124 valence electrons. The number of likely N-dealkylation sites (tertiary alicyclic amines) is 1. The Balaban J connectivity index is 1.50. The molecule has 0 bridgehead atoms. The Bertz CT molecular complexity index is 581. The molecule has 0 N–H and O–H groups in total. The van der Waals surface area contributed by atoms with Crippen molar-refractivity contribution < 1.29 is 9.59 Å². The van der Waals surface area contributed by atoms with Crippen LogP contribution in [-0.2, 0) is 4.79 Å². The number of hydrogen-bond donors (Lipinski definition) is 0. The van der Waals surface area contributed by atoms with Gasteiger partial charge in [0.15, 0.2) is 0 Å². The molecule has 0 aromatic carbocycles. The summed E-state index contributed by atoms with van der Waals surface area (Å²) in [6.07, 6.45) is 5.50. The predicted octanol–water partition coefficient (Wildman–Crippen LogP) is 1.22. The highest BCUT2D eigenvalue weighted by molar-refractivity contribution is 9.10. The van der Waals surface area contributed by atoms with Crippen LogP contribution in [0, 0.1) is 0 Å². The zero-order valence-corrected chi connectivity index (χ0v) is 14.7. The van der Waals surface area contributed by atoms with Gasteiger partial charge < -0.3 is 9.80 Å².